The lowest BCUT2D eigenvalue weighted by Crippen LogP contribution is -2.42. The van der Waals surface area contributed by atoms with Gasteiger partial charge in [0.15, 0.2) is 11.5 Å². The van der Waals surface area contributed by atoms with Gasteiger partial charge in [0.1, 0.15) is 18.1 Å². The Labute approximate surface area is 142 Å². The van der Waals surface area contributed by atoms with Crippen LogP contribution in [0.2, 0.25) is 0 Å². The number of nitrogens with zero attached hydrogens (tertiary/aromatic N) is 1. The predicted molar refractivity (Wildman–Crippen MR) is 87.7 cm³/mol. The minimum Gasteiger partial charge on any atom is -0.486 e. The first-order valence-electron chi connectivity index (χ1n) is 8.56. The van der Waals surface area contributed by atoms with Crippen molar-refractivity contribution < 1.29 is 23.0 Å². The minimum absolute atomic E-state index is 0.0309. The third-order valence-corrected chi connectivity index (χ3v) is 7.88. The van der Waals surface area contributed by atoms with Gasteiger partial charge in [0, 0.05) is 17.5 Å². The number of ether oxygens (including phenoxy) is 2. The van der Waals surface area contributed by atoms with Crippen LogP contribution in [-0.4, -0.2) is 49.7 Å². The SMILES string of the molecule is CC[C@@]1(CO)C[C@@H]2CC[C@H]1N2S(=O)(=O)c1cccc2c1OCCO2. The maximum Gasteiger partial charge on any atom is 0.247 e. The van der Waals surface area contributed by atoms with Crippen LogP contribution in [0.15, 0.2) is 23.1 Å². The largest absolute Gasteiger partial charge is 0.486 e. The first-order chi connectivity index (χ1) is 11.5. The molecule has 2 fully saturated rings. The summed E-state index contributed by atoms with van der Waals surface area (Å²) in [6.45, 7) is 2.84. The molecule has 1 aromatic carbocycles. The van der Waals surface area contributed by atoms with Crippen molar-refractivity contribution in [3.05, 3.63) is 18.2 Å². The Morgan fingerprint density at radius 3 is 2.79 bits per heavy atom. The fourth-order valence-electron chi connectivity index (χ4n) is 4.62. The summed E-state index contributed by atoms with van der Waals surface area (Å²) in [5.41, 5.74) is -0.317. The van der Waals surface area contributed by atoms with Gasteiger partial charge in [0.25, 0.3) is 0 Å². The van der Waals surface area contributed by atoms with Crippen LogP contribution in [-0.2, 0) is 10.0 Å². The van der Waals surface area contributed by atoms with Gasteiger partial charge in [-0.15, -0.1) is 0 Å². The van der Waals surface area contributed by atoms with Gasteiger partial charge in [-0.1, -0.05) is 13.0 Å². The van der Waals surface area contributed by atoms with Crippen molar-refractivity contribution in [1.82, 2.24) is 4.31 Å². The van der Waals surface area contributed by atoms with E-state index in [4.69, 9.17) is 9.47 Å². The van der Waals surface area contributed by atoms with Gasteiger partial charge >= 0.3 is 0 Å². The number of aliphatic hydroxyl groups excluding tert-OH is 1. The lowest BCUT2D eigenvalue weighted by atomic mass is 9.72. The van der Waals surface area contributed by atoms with Crippen molar-refractivity contribution in [3.8, 4) is 11.5 Å². The molecule has 3 atom stereocenters. The number of hydrogen-bond donors (Lipinski definition) is 1. The lowest BCUT2D eigenvalue weighted by Gasteiger charge is -2.35. The molecule has 1 aromatic rings. The molecule has 0 radical (unpaired) electrons. The summed E-state index contributed by atoms with van der Waals surface area (Å²) >= 11 is 0. The van der Waals surface area contributed by atoms with Gasteiger partial charge in [-0.3, -0.25) is 0 Å². The highest BCUT2D eigenvalue weighted by Gasteiger charge is 2.59. The summed E-state index contributed by atoms with van der Waals surface area (Å²) in [4.78, 5) is 0.182. The fourth-order valence-corrected chi connectivity index (χ4v) is 6.73. The number of sulfonamides is 1. The van der Waals surface area contributed by atoms with Crippen LogP contribution in [0, 0.1) is 5.41 Å². The van der Waals surface area contributed by atoms with Crippen molar-refractivity contribution >= 4 is 10.0 Å². The Balaban J connectivity index is 1.77. The zero-order chi connectivity index (χ0) is 16.9. The molecule has 6 nitrogen and oxygen atoms in total. The standard InChI is InChI=1S/C17H23NO5S/c1-2-17(11-19)10-12-6-7-15(17)18(12)24(20,21)14-5-3-4-13-16(14)23-9-8-22-13/h3-5,12,15,19H,2,6-11H2,1H3/t12-,15+,17-/m0/s1. The normalized spacial score (nSPS) is 32.2. The highest BCUT2D eigenvalue weighted by molar-refractivity contribution is 7.89. The second-order valence-corrected chi connectivity index (χ2v) is 8.75. The quantitative estimate of drug-likeness (QED) is 0.893. The maximum atomic E-state index is 13.4. The summed E-state index contributed by atoms with van der Waals surface area (Å²) < 4.78 is 39.6. The van der Waals surface area contributed by atoms with Crippen molar-refractivity contribution in [2.75, 3.05) is 19.8 Å². The second kappa shape index (κ2) is 5.61. The molecule has 0 spiro atoms. The van der Waals surface area contributed by atoms with E-state index < -0.39 is 10.0 Å². The minimum atomic E-state index is -3.69. The van der Waals surface area contributed by atoms with Crippen LogP contribution in [0.3, 0.4) is 0 Å². The molecule has 0 aliphatic carbocycles. The van der Waals surface area contributed by atoms with E-state index in [-0.39, 0.29) is 29.0 Å². The van der Waals surface area contributed by atoms with Gasteiger partial charge in [-0.25, -0.2) is 8.42 Å². The number of benzene rings is 1. The van der Waals surface area contributed by atoms with E-state index in [1.165, 1.54) is 0 Å². The van der Waals surface area contributed by atoms with Crippen molar-refractivity contribution in [1.29, 1.82) is 0 Å². The Bertz CT molecular complexity index is 743. The molecule has 3 aliphatic rings. The number of fused-ring (bicyclic) bond motifs is 3. The molecule has 0 saturated carbocycles. The maximum absolute atomic E-state index is 13.4. The molecule has 7 heteroatoms. The van der Waals surface area contributed by atoms with Crippen LogP contribution in [0.25, 0.3) is 0 Å². The molecule has 3 aliphatic heterocycles. The van der Waals surface area contributed by atoms with Crippen molar-refractivity contribution in [2.45, 2.75) is 49.6 Å². The molecule has 1 N–H and O–H groups in total. The summed E-state index contributed by atoms with van der Waals surface area (Å²) in [7, 11) is -3.69. The van der Waals surface area contributed by atoms with Gasteiger partial charge in [0.05, 0.1) is 6.61 Å². The fraction of sp³-hybridized carbons (Fsp3) is 0.647. The molecule has 0 aromatic heterocycles. The summed E-state index contributed by atoms with van der Waals surface area (Å²) in [6, 6.07) is 4.84. The molecule has 2 saturated heterocycles. The molecule has 4 rings (SSSR count). The zero-order valence-electron chi connectivity index (χ0n) is 13.8. The van der Waals surface area contributed by atoms with Gasteiger partial charge < -0.3 is 14.6 Å². The van der Waals surface area contributed by atoms with E-state index in [2.05, 4.69) is 0 Å². The molecular formula is C17H23NO5S. The van der Waals surface area contributed by atoms with Crippen LogP contribution in [0.1, 0.15) is 32.6 Å². The average molecular weight is 353 g/mol. The molecule has 2 bridgehead atoms. The first-order valence-corrected chi connectivity index (χ1v) is 10.0. The van der Waals surface area contributed by atoms with Crippen molar-refractivity contribution in [3.63, 3.8) is 0 Å². The highest BCUT2D eigenvalue weighted by Crippen LogP contribution is 2.54. The molecular weight excluding hydrogens is 330 g/mol. The lowest BCUT2D eigenvalue weighted by molar-refractivity contribution is 0.0848. The smallest absolute Gasteiger partial charge is 0.247 e. The van der Waals surface area contributed by atoms with Crippen LogP contribution in [0.4, 0.5) is 0 Å². The van der Waals surface area contributed by atoms with E-state index >= 15 is 0 Å². The zero-order valence-corrected chi connectivity index (χ0v) is 14.6. The van der Waals surface area contributed by atoms with Crippen LogP contribution in [0.5, 0.6) is 11.5 Å². The topological polar surface area (TPSA) is 76.1 Å². The Hall–Kier alpha value is -1.31. The Kier molecular flexibility index (Phi) is 3.78. The highest BCUT2D eigenvalue weighted by atomic mass is 32.2. The van der Waals surface area contributed by atoms with E-state index in [1.807, 2.05) is 6.92 Å². The Morgan fingerprint density at radius 2 is 2.08 bits per heavy atom. The van der Waals surface area contributed by atoms with Crippen molar-refractivity contribution in [2.24, 2.45) is 5.41 Å². The number of hydrogen-bond acceptors (Lipinski definition) is 5. The molecule has 132 valence electrons. The number of para-hydroxylation sites is 1. The van der Waals surface area contributed by atoms with Crippen LogP contribution < -0.4 is 9.47 Å². The average Bonchev–Trinajstić information content (AvgIpc) is 3.18. The molecule has 0 amide bonds. The van der Waals surface area contributed by atoms with E-state index in [1.54, 1.807) is 22.5 Å². The third-order valence-electron chi connectivity index (χ3n) is 5.89. The number of aliphatic hydroxyl groups is 1. The van der Waals surface area contributed by atoms with Gasteiger partial charge in [-0.2, -0.15) is 4.31 Å². The molecule has 24 heavy (non-hydrogen) atoms. The van der Waals surface area contributed by atoms with Crippen LogP contribution >= 0.6 is 0 Å². The summed E-state index contributed by atoms with van der Waals surface area (Å²) in [5.74, 6) is 0.805. The molecule has 0 unspecified atom stereocenters. The predicted octanol–water partition coefficient (Wildman–Crippen LogP) is 1.77. The Morgan fingerprint density at radius 1 is 1.29 bits per heavy atom. The first kappa shape index (κ1) is 16.2. The third kappa shape index (κ3) is 2.11. The van der Waals surface area contributed by atoms with E-state index in [9.17, 15) is 13.5 Å². The van der Waals surface area contributed by atoms with E-state index in [0.717, 1.165) is 25.7 Å². The number of rotatable bonds is 4. The molecule has 3 heterocycles. The van der Waals surface area contributed by atoms with Gasteiger partial charge in [0.2, 0.25) is 10.0 Å². The monoisotopic (exact) mass is 353 g/mol. The van der Waals surface area contributed by atoms with Gasteiger partial charge in [-0.05, 0) is 37.8 Å². The summed E-state index contributed by atoms with van der Waals surface area (Å²) in [6.07, 6.45) is 3.18. The summed E-state index contributed by atoms with van der Waals surface area (Å²) in [5, 5.41) is 9.92. The van der Waals surface area contributed by atoms with E-state index in [0.29, 0.717) is 24.7 Å². The second-order valence-electron chi connectivity index (χ2n) is 6.94.